The molecule has 0 bridgehead atoms. The molecule has 15 heavy (non-hydrogen) atoms. The largest absolute Gasteiger partial charge is 0.306 e. The normalized spacial score (nSPS) is 15.7. The van der Waals surface area contributed by atoms with E-state index in [0.29, 0.717) is 5.92 Å². The van der Waals surface area contributed by atoms with Gasteiger partial charge in [0.1, 0.15) is 5.01 Å². The molecular weight excluding hydrogens is 204 g/mol. The molecule has 1 rings (SSSR count). The molecule has 1 aromatic heterocycles. The molecule has 2 nitrogen and oxygen atoms in total. The molecule has 0 fully saturated rings. The highest BCUT2D eigenvalue weighted by Gasteiger charge is 2.32. The molecule has 0 spiro atoms. The van der Waals surface area contributed by atoms with Crippen molar-refractivity contribution < 1.29 is 0 Å². The number of hydrogen-bond donors (Lipinski definition) is 1. The van der Waals surface area contributed by atoms with E-state index in [1.54, 1.807) is 0 Å². The van der Waals surface area contributed by atoms with Gasteiger partial charge < -0.3 is 5.32 Å². The Kier molecular flexibility index (Phi) is 3.90. The summed E-state index contributed by atoms with van der Waals surface area (Å²) in [6.45, 7) is 14.1. The van der Waals surface area contributed by atoms with Crippen molar-refractivity contribution in [2.24, 2.45) is 5.92 Å². The van der Waals surface area contributed by atoms with Crippen molar-refractivity contribution in [2.75, 3.05) is 6.54 Å². The molecule has 0 aliphatic rings. The molecule has 1 aromatic rings. The molecule has 0 amide bonds. The molecule has 0 radical (unpaired) electrons. The molecule has 0 saturated heterocycles. The summed E-state index contributed by atoms with van der Waals surface area (Å²) in [5.74, 6) is 0.544. The maximum Gasteiger partial charge on any atom is 0.113 e. The third kappa shape index (κ3) is 2.40. The number of hydrogen-bond acceptors (Lipinski definition) is 3. The summed E-state index contributed by atoms with van der Waals surface area (Å²) in [6, 6.07) is 0. The van der Waals surface area contributed by atoms with E-state index in [9.17, 15) is 0 Å². The average molecular weight is 226 g/mol. The lowest BCUT2D eigenvalue weighted by molar-refractivity contribution is 0.270. The monoisotopic (exact) mass is 226 g/mol. The van der Waals surface area contributed by atoms with Gasteiger partial charge in [-0.25, -0.2) is 4.98 Å². The van der Waals surface area contributed by atoms with Crippen molar-refractivity contribution in [3.63, 3.8) is 0 Å². The van der Waals surface area contributed by atoms with Crippen LogP contribution >= 0.6 is 11.3 Å². The van der Waals surface area contributed by atoms with Gasteiger partial charge in [-0.15, -0.1) is 11.3 Å². The van der Waals surface area contributed by atoms with Gasteiger partial charge in [0.25, 0.3) is 0 Å². The number of rotatable bonds is 4. The van der Waals surface area contributed by atoms with Gasteiger partial charge in [0.15, 0.2) is 0 Å². The highest BCUT2D eigenvalue weighted by atomic mass is 32.1. The number of nitrogens with zero attached hydrogens (tertiary/aromatic N) is 1. The molecule has 1 atom stereocenters. The first-order valence-corrected chi connectivity index (χ1v) is 6.43. The van der Waals surface area contributed by atoms with Crippen molar-refractivity contribution in [3.8, 4) is 0 Å². The van der Waals surface area contributed by atoms with Crippen molar-refractivity contribution in [1.82, 2.24) is 10.3 Å². The van der Waals surface area contributed by atoms with Gasteiger partial charge in [0, 0.05) is 4.88 Å². The maximum absolute atomic E-state index is 4.68. The van der Waals surface area contributed by atoms with Gasteiger partial charge in [-0.05, 0) is 33.2 Å². The van der Waals surface area contributed by atoms with Crippen molar-refractivity contribution in [3.05, 3.63) is 15.6 Å². The Balaban J connectivity index is 3.09. The molecule has 0 aromatic carbocycles. The van der Waals surface area contributed by atoms with Crippen LogP contribution in [0.25, 0.3) is 0 Å². The van der Waals surface area contributed by atoms with Crippen molar-refractivity contribution in [1.29, 1.82) is 0 Å². The third-order valence-corrected chi connectivity index (χ3v) is 4.48. The van der Waals surface area contributed by atoms with E-state index in [-0.39, 0.29) is 5.54 Å². The van der Waals surface area contributed by atoms with Crippen LogP contribution in [0.1, 0.15) is 43.3 Å². The minimum atomic E-state index is 0.0123. The number of aromatic nitrogens is 1. The minimum absolute atomic E-state index is 0.0123. The van der Waals surface area contributed by atoms with E-state index >= 15 is 0 Å². The molecule has 86 valence electrons. The zero-order valence-electron chi connectivity index (χ0n) is 10.6. The van der Waals surface area contributed by atoms with Crippen molar-refractivity contribution in [2.45, 2.75) is 47.1 Å². The number of aryl methyl sites for hydroxylation is 2. The predicted molar refractivity (Wildman–Crippen MR) is 67.5 cm³/mol. The lowest BCUT2D eigenvalue weighted by Gasteiger charge is -2.32. The topological polar surface area (TPSA) is 24.9 Å². The maximum atomic E-state index is 4.68. The zero-order chi connectivity index (χ0) is 11.6. The van der Waals surface area contributed by atoms with Crippen LogP contribution in [-0.4, -0.2) is 11.5 Å². The molecule has 3 heteroatoms. The molecule has 0 saturated carbocycles. The van der Waals surface area contributed by atoms with Crippen LogP contribution in [0.2, 0.25) is 0 Å². The first-order valence-electron chi connectivity index (χ1n) is 5.61. The zero-order valence-corrected chi connectivity index (χ0v) is 11.5. The molecule has 1 heterocycles. The van der Waals surface area contributed by atoms with Crippen LogP contribution < -0.4 is 5.32 Å². The minimum Gasteiger partial charge on any atom is -0.306 e. The van der Waals surface area contributed by atoms with Crippen molar-refractivity contribution >= 4 is 11.3 Å². The molecule has 0 aliphatic carbocycles. The Hall–Kier alpha value is -0.410. The van der Waals surface area contributed by atoms with Crippen LogP contribution in [0.3, 0.4) is 0 Å². The molecule has 1 unspecified atom stereocenters. The fourth-order valence-electron chi connectivity index (χ4n) is 1.59. The van der Waals surface area contributed by atoms with E-state index < -0.39 is 0 Å². The molecule has 0 aliphatic heterocycles. The lowest BCUT2D eigenvalue weighted by atomic mass is 9.89. The fraction of sp³-hybridized carbons (Fsp3) is 0.750. The summed E-state index contributed by atoms with van der Waals surface area (Å²) in [6.07, 6.45) is 0. The Labute approximate surface area is 97.1 Å². The van der Waals surface area contributed by atoms with Gasteiger partial charge in [-0.2, -0.15) is 0 Å². The first-order chi connectivity index (χ1) is 6.91. The van der Waals surface area contributed by atoms with Gasteiger partial charge in [0.05, 0.1) is 11.2 Å². The van der Waals surface area contributed by atoms with Gasteiger partial charge >= 0.3 is 0 Å². The second-order valence-electron chi connectivity index (χ2n) is 4.55. The van der Waals surface area contributed by atoms with E-state index in [0.717, 1.165) is 6.54 Å². The standard InChI is InChI=1S/C12H22N2S/c1-7-13-12(6,8(2)3)11-14-9(4)10(5)15-11/h8,13H,7H2,1-6H3. The van der Waals surface area contributed by atoms with Gasteiger partial charge in [0.2, 0.25) is 0 Å². The van der Waals surface area contributed by atoms with Crippen LogP contribution in [0, 0.1) is 19.8 Å². The Morgan fingerprint density at radius 3 is 2.33 bits per heavy atom. The van der Waals surface area contributed by atoms with E-state index in [4.69, 9.17) is 0 Å². The van der Waals surface area contributed by atoms with Crippen LogP contribution in [0.4, 0.5) is 0 Å². The summed E-state index contributed by atoms with van der Waals surface area (Å²) >= 11 is 1.82. The lowest BCUT2D eigenvalue weighted by Crippen LogP contribution is -2.43. The Morgan fingerprint density at radius 1 is 1.40 bits per heavy atom. The second kappa shape index (κ2) is 4.62. The van der Waals surface area contributed by atoms with E-state index in [1.807, 2.05) is 11.3 Å². The van der Waals surface area contributed by atoms with E-state index in [2.05, 4.69) is 51.8 Å². The number of thiazole rings is 1. The highest BCUT2D eigenvalue weighted by molar-refractivity contribution is 7.11. The quantitative estimate of drug-likeness (QED) is 0.852. The molecule has 1 N–H and O–H groups in total. The number of nitrogens with one attached hydrogen (secondary N) is 1. The Morgan fingerprint density at radius 2 is 2.00 bits per heavy atom. The SMILES string of the molecule is CCNC(C)(c1nc(C)c(C)s1)C(C)C. The van der Waals surface area contributed by atoms with Gasteiger partial charge in [-0.1, -0.05) is 20.8 Å². The van der Waals surface area contributed by atoms with Gasteiger partial charge in [-0.3, -0.25) is 0 Å². The van der Waals surface area contributed by atoms with Crippen LogP contribution in [0.15, 0.2) is 0 Å². The summed E-state index contributed by atoms with van der Waals surface area (Å²) in [5, 5.41) is 4.78. The summed E-state index contributed by atoms with van der Waals surface area (Å²) in [5.41, 5.74) is 1.18. The summed E-state index contributed by atoms with van der Waals surface area (Å²) < 4.78 is 0. The highest BCUT2D eigenvalue weighted by Crippen LogP contribution is 2.33. The van der Waals surface area contributed by atoms with E-state index in [1.165, 1.54) is 15.6 Å². The summed E-state index contributed by atoms with van der Waals surface area (Å²) in [7, 11) is 0. The fourth-order valence-corrected chi connectivity index (χ4v) is 2.77. The smallest absolute Gasteiger partial charge is 0.113 e. The van der Waals surface area contributed by atoms with Crippen LogP contribution in [-0.2, 0) is 5.54 Å². The van der Waals surface area contributed by atoms with Crippen LogP contribution in [0.5, 0.6) is 0 Å². The average Bonchev–Trinajstić information content (AvgIpc) is 2.47. The first kappa shape index (κ1) is 12.7. The third-order valence-electron chi connectivity index (χ3n) is 3.17. The summed E-state index contributed by atoms with van der Waals surface area (Å²) in [4.78, 5) is 6.01. The second-order valence-corrected chi connectivity index (χ2v) is 5.75. The Bertz CT molecular complexity index is 311. The molecular formula is C12H22N2S. The predicted octanol–water partition coefficient (Wildman–Crippen LogP) is 3.24.